The molecule has 1 amide bonds. The standard InChI is InChI=1S/C16H22N2O5S/c1-3-9-24(22,23)17-13-6-4-5-12(10-13)14(19)18-8-7-16(2,11-18)15(20)21/h4-6,10,17H,3,7-9,11H2,1-2H3,(H,20,21). The summed E-state index contributed by atoms with van der Waals surface area (Å²) in [5.74, 6) is -1.20. The first-order valence-corrected chi connectivity index (χ1v) is 9.45. The summed E-state index contributed by atoms with van der Waals surface area (Å²) < 4.78 is 26.1. The average molecular weight is 354 g/mol. The second-order valence-corrected chi connectivity index (χ2v) is 8.19. The van der Waals surface area contributed by atoms with Gasteiger partial charge < -0.3 is 10.0 Å². The van der Waals surface area contributed by atoms with E-state index in [1.54, 1.807) is 32.0 Å². The smallest absolute Gasteiger partial charge is 0.311 e. The molecule has 0 aliphatic carbocycles. The monoisotopic (exact) mass is 354 g/mol. The Labute approximate surface area is 141 Å². The second-order valence-electron chi connectivity index (χ2n) is 6.34. The quantitative estimate of drug-likeness (QED) is 0.810. The minimum Gasteiger partial charge on any atom is -0.481 e. The van der Waals surface area contributed by atoms with Crippen LogP contribution in [0.25, 0.3) is 0 Å². The predicted molar refractivity (Wildman–Crippen MR) is 90.4 cm³/mol. The molecule has 1 aromatic carbocycles. The third-order valence-corrected chi connectivity index (χ3v) is 5.63. The van der Waals surface area contributed by atoms with Crippen LogP contribution >= 0.6 is 0 Å². The number of likely N-dealkylation sites (tertiary alicyclic amines) is 1. The molecule has 1 unspecified atom stereocenters. The molecule has 24 heavy (non-hydrogen) atoms. The van der Waals surface area contributed by atoms with E-state index in [1.165, 1.54) is 11.0 Å². The fourth-order valence-electron chi connectivity index (χ4n) is 2.71. The van der Waals surface area contributed by atoms with Gasteiger partial charge in [-0.2, -0.15) is 0 Å². The van der Waals surface area contributed by atoms with Crippen LogP contribution in [0.4, 0.5) is 5.69 Å². The minimum atomic E-state index is -3.43. The highest BCUT2D eigenvalue weighted by molar-refractivity contribution is 7.92. The molecule has 0 spiro atoms. The lowest BCUT2D eigenvalue weighted by Gasteiger charge is -2.20. The number of carboxylic acids is 1. The maximum Gasteiger partial charge on any atom is 0.311 e. The molecule has 7 nitrogen and oxygen atoms in total. The number of rotatable bonds is 6. The van der Waals surface area contributed by atoms with Gasteiger partial charge in [-0.25, -0.2) is 8.42 Å². The number of hydrogen-bond acceptors (Lipinski definition) is 4. The van der Waals surface area contributed by atoms with Crippen molar-refractivity contribution in [2.75, 3.05) is 23.6 Å². The van der Waals surface area contributed by atoms with Gasteiger partial charge in [-0.15, -0.1) is 0 Å². The summed E-state index contributed by atoms with van der Waals surface area (Å²) in [5.41, 5.74) is -0.272. The maximum atomic E-state index is 12.6. The molecule has 1 saturated heterocycles. The van der Waals surface area contributed by atoms with Crippen molar-refractivity contribution in [3.05, 3.63) is 29.8 Å². The molecule has 1 aliphatic heterocycles. The lowest BCUT2D eigenvalue weighted by molar-refractivity contribution is -0.147. The molecule has 0 saturated carbocycles. The molecule has 1 heterocycles. The van der Waals surface area contributed by atoms with E-state index in [0.29, 0.717) is 30.6 Å². The van der Waals surface area contributed by atoms with Crippen LogP contribution in [0, 0.1) is 5.41 Å². The zero-order valence-corrected chi connectivity index (χ0v) is 14.6. The van der Waals surface area contributed by atoms with E-state index in [0.717, 1.165) is 0 Å². The molecule has 1 aromatic rings. The Morgan fingerprint density at radius 1 is 1.38 bits per heavy atom. The highest BCUT2D eigenvalue weighted by Gasteiger charge is 2.42. The third kappa shape index (κ3) is 4.05. The normalized spacial score (nSPS) is 20.8. The second kappa shape index (κ2) is 6.80. The molecule has 132 valence electrons. The number of carbonyl (C=O) groups is 2. The van der Waals surface area contributed by atoms with Gasteiger partial charge in [-0.1, -0.05) is 13.0 Å². The van der Waals surface area contributed by atoms with Gasteiger partial charge in [-0.05, 0) is 38.0 Å². The summed E-state index contributed by atoms with van der Waals surface area (Å²) in [5, 5.41) is 9.25. The molecular formula is C16H22N2O5S. The molecule has 2 N–H and O–H groups in total. The molecule has 8 heteroatoms. The van der Waals surface area contributed by atoms with Crippen LogP contribution in [0.3, 0.4) is 0 Å². The number of hydrogen-bond donors (Lipinski definition) is 2. The summed E-state index contributed by atoms with van der Waals surface area (Å²) in [6.45, 7) is 3.91. The molecule has 1 fully saturated rings. The van der Waals surface area contributed by atoms with Crippen molar-refractivity contribution in [2.24, 2.45) is 5.41 Å². The average Bonchev–Trinajstić information content (AvgIpc) is 2.90. The SMILES string of the molecule is CCCS(=O)(=O)Nc1cccc(C(=O)N2CCC(C)(C(=O)O)C2)c1. The van der Waals surface area contributed by atoms with Crippen molar-refractivity contribution in [3.63, 3.8) is 0 Å². The summed E-state index contributed by atoms with van der Waals surface area (Å²) in [6, 6.07) is 6.25. The van der Waals surface area contributed by atoms with Crippen molar-refractivity contribution in [1.29, 1.82) is 0 Å². The van der Waals surface area contributed by atoms with Gasteiger partial charge >= 0.3 is 5.97 Å². The van der Waals surface area contributed by atoms with Crippen molar-refractivity contribution >= 4 is 27.6 Å². The Kier molecular flexibility index (Phi) is 5.17. The minimum absolute atomic E-state index is 0.00820. The summed E-state index contributed by atoms with van der Waals surface area (Å²) in [6.07, 6.45) is 0.895. The number of nitrogens with zero attached hydrogens (tertiary/aromatic N) is 1. The number of sulfonamides is 1. The van der Waals surface area contributed by atoms with Gasteiger partial charge in [0.2, 0.25) is 10.0 Å². The van der Waals surface area contributed by atoms with Gasteiger partial charge in [0.25, 0.3) is 5.91 Å². The topological polar surface area (TPSA) is 104 Å². The molecule has 0 bridgehead atoms. The van der Waals surface area contributed by atoms with E-state index in [1.807, 2.05) is 0 Å². The molecule has 1 atom stereocenters. The van der Waals surface area contributed by atoms with Gasteiger partial charge in [0, 0.05) is 24.3 Å². The summed E-state index contributed by atoms with van der Waals surface area (Å²) in [7, 11) is -3.43. The zero-order valence-electron chi connectivity index (χ0n) is 13.8. The number of anilines is 1. The first kappa shape index (κ1) is 18.3. The fourth-order valence-corrected chi connectivity index (χ4v) is 3.83. The van der Waals surface area contributed by atoms with E-state index in [-0.39, 0.29) is 18.2 Å². The van der Waals surface area contributed by atoms with E-state index in [2.05, 4.69) is 4.72 Å². The largest absolute Gasteiger partial charge is 0.481 e. The van der Waals surface area contributed by atoms with Gasteiger partial charge in [0.05, 0.1) is 11.2 Å². The van der Waals surface area contributed by atoms with E-state index in [4.69, 9.17) is 0 Å². The van der Waals surface area contributed by atoms with Crippen LogP contribution in [0.2, 0.25) is 0 Å². The number of benzene rings is 1. The molecule has 0 aromatic heterocycles. The Morgan fingerprint density at radius 2 is 2.08 bits per heavy atom. The van der Waals surface area contributed by atoms with Crippen molar-refractivity contribution in [3.8, 4) is 0 Å². The van der Waals surface area contributed by atoms with Gasteiger partial charge in [-0.3, -0.25) is 14.3 Å². The summed E-state index contributed by atoms with van der Waals surface area (Å²) >= 11 is 0. The van der Waals surface area contributed by atoms with Crippen LogP contribution < -0.4 is 4.72 Å². The van der Waals surface area contributed by atoms with Crippen LogP contribution in [0.15, 0.2) is 24.3 Å². The number of aliphatic carboxylic acids is 1. The van der Waals surface area contributed by atoms with Gasteiger partial charge in [0.1, 0.15) is 0 Å². The van der Waals surface area contributed by atoms with Crippen LogP contribution in [0.1, 0.15) is 37.0 Å². The highest BCUT2D eigenvalue weighted by Crippen LogP contribution is 2.31. The Bertz CT molecular complexity index is 747. The Morgan fingerprint density at radius 3 is 2.67 bits per heavy atom. The zero-order chi connectivity index (χ0) is 18.0. The van der Waals surface area contributed by atoms with E-state index < -0.39 is 21.4 Å². The van der Waals surface area contributed by atoms with Crippen molar-refractivity contribution in [1.82, 2.24) is 4.90 Å². The van der Waals surface area contributed by atoms with E-state index >= 15 is 0 Å². The summed E-state index contributed by atoms with van der Waals surface area (Å²) in [4.78, 5) is 25.3. The van der Waals surface area contributed by atoms with Crippen LogP contribution in [0.5, 0.6) is 0 Å². The van der Waals surface area contributed by atoms with Crippen molar-refractivity contribution < 1.29 is 23.1 Å². The first-order chi connectivity index (χ1) is 11.2. The number of carboxylic acid groups (broad SMARTS) is 1. The Hall–Kier alpha value is -2.09. The fraction of sp³-hybridized carbons (Fsp3) is 0.500. The predicted octanol–water partition coefficient (Wildman–Crippen LogP) is 1.78. The van der Waals surface area contributed by atoms with Gasteiger partial charge in [0.15, 0.2) is 0 Å². The number of amides is 1. The number of nitrogens with one attached hydrogen (secondary N) is 1. The Balaban J connectivity index is 2.14. The lowest BCUT2D eigenvalue weighted by Crippen LogP contribution is -2.34. The molecule has 0 radical (unpaired) electrons. The van der Waals surface area contributed by atoms with Crippen molar-refractivity contribution in [2.45, 2.75) is 26.7 Å². The highest BCUT2D eigenvalue weighted by atomic mass is 32.2. The van der Waals surface area contributed by atoms with Crippen LogP contribution in [-0.2, 0) is 14.8 Å². The third-order valence-electron chi connectivity index (χ3n) is 4.13. The molecule has 1 aliphatic rings. The maximum absolute atomic E-state index is 12.6. The number of carbonyl (C=O) groups excluding carboxylic acids is 1. The molecule has 2 rings (SSSR count). The first-order valence-electron chi connectivity index (χ1n) is 7.80. The lowest BCUT2D eigenvalue weighted by atomic mass is 9.90. The molecular weight excluding hydrogens is 332 g/mol. The van der Waals surface area contributed by atoms with E-state index in [9.17, 15) is 23.1 Å². The van der Waals surface area contributed by atoms with Crippen LogP contribution in [-0.4, -0.2) is 49.1 Å².